The summed E-state index contributed by atoms with van der Waals surface area (Å²) in [6.07, 6.45) is 4.27. The van der Waals surface area contributed by atoms with Crippen LogP contribution in [0.4, 0.5) is 8.78 Å². The van der Waals surface area contributed by atoms with Crippen LogP contribution in [-0.4, -0.2) is 26.2 Å². The summed E-state index contributed by atoms with van der Waals surface area (Å²) in [7, 11) is 0. The number of halogens is 2. The summed E-state index contributed by atoms with van der Waals surface area (Å²) in [6, 6.07) is 3.86. The summed E-state index contributed by atoms with van der Waals surface area (Å²) in [5, 5.41) is 4.88. The van der Waals surface area contributed by atoms with E-state index in [4.69, 9.17) is 0 Å². The lowest BCUT2D eigenvalue weighted by molar-refractivity contribution is 0.122. The molecule has 92 valence electrons. The number of H-pyrrole nitrogens is 1. The van der Waals surface area contributed by atoms with Crippen molar-refractivity contribution in [2.24, 2.45) is 0 Å². The maximum Gasteiger partial charge on any atom is 0.257 e. The molecule has 3 heterocycles. The normalized spacial score (nSPS) is 11.5. The summed E-state index contributed by atoms with van der Waals surface area (Å²) in [5.74, 6) is 0. The third-order valence-electron chi connectivity index (χ3n) is 2.69. The second kappa shape index (κ2) is 4.21. The molecule has 6 heteroatoms. The van der Waals surface area contributed by atoms with Gasteiger partial charge in [0.05, 0.1) is 6.20 Å². The lowest BCUT2D eigenvalue weighted by Crippen LogP contribution is -2.06. The van der Waals surface area contributed by atoms with E-state index >= 15 is 0 Å². The first-order chi connectivity index (χ1) is 8.72. The van der Waals surface area contributed by atoms with Crippen molar-refractivity contribution in [1.29, 1.82) is 0 Å². The van der Waals surface area contributed by atoms with E-state index in [1.807, 2.05) is 18.3 Å². The van der Waals surface area contributed by atoms with Crippen molar-refractivity contribution < 1.29 is 8.78 Å². The monoisotopic (exact) mass is 248 g/mol. The molecule has 0 aliphatic heterocycles. The van der Waals surface area contributed by atoms with Crippen molar-refractivity contribution in [1.82, 2.24) is 19.7 Å². The number of nitrogens with zero attached hydrogens (tertiary/aromatic N) is 3. The molecule has 3 aromatic heterocycles. The number of alkyl halides is 2. The SMILES string of the molecule is FC(F)Cn1cc(-c2cnc3[nH]ccc3c2)cn1. The van der Waals surface area contributed by atoms with Gasteiger partial charge in [-0.3, -0.25) is 4.68 Å². The van der Waals surface area contributed by atoms with Gasteiger partial charge in [-0.1, -0.05) is 0 Å². The summed E-state index contributed by atoms with van der Waals surface area (Å²) in [5.41, 5.74) is 2.45. The Morgan fingerprint density at radius 2 is 2.17 bits per heavy atom. The molecule has 1 N–H and O–H groups in total. The van der Waals surface area contributed by atoms with Gasteiger partial charge in [-0.15, -0.1) is 0 Å². The first-order valence-corrected chi connectivity index (χ1v) is 5.46. The second-order valence-electron chi connectivity index (χ2n) is 3.98. The minimum atomic E-state index is -2.40. The highest BCUT2D eigenvalue weighted by molar-refractivity contribution is 5.80. The van der Waals surface area contributed by atoms with Gasteiger partial charge >= 0.3 is 0 Å². The fraction of sp³-hybridized carbons (Fsp3) is 0.167. The van der Waals surface area contributed by atoms with Crippen LogP contribution in [0.5, 0.6) is 0 Å². The van der Waals surface area contributed by atoms with Crippen LogP contribution in [0, 0.1) is 0 Å². The molecule has 0 aliphatic carbocycles. The van der Waals surface area contributed by atoms with Gasteiger partial charge in [-0.25, -0.2) is 13.8 Å². The third kappa shape index (κ3) is 1.97. The smallest absolute Gasteiger partial charge is 0.257 e. The third-order valence-corrected chi connectivity index (χ3v) is 2.69. The Bertz CT molecular complexity index is 671. The van der Waals surface area contributed by atoms with E-state index in [0.29, 0.717) is 0 Å². The number of rotatable bonds is 3. The van der Waals surface area contributed by atoms with E-state index in [1.54, 1.807) is 18.6 Å². The summed E-state index contributed by atoms with van der Waals surface area (Å²) < 4.78 is 25.7. The first kappa shape index (κ1) is 10.9. The standard InChI is InChI=1S/C12H10F2N4/c13-11(14)7-18-6-10(5-17-18)9-3-8-1-2-15-12(8)16-4-9/h1-6,11H,7H2,(H,15,16). The summed E-state index contributed by atoms with van der Waals surface area (Å²) in [6.45, 7) is -0.389. The molecule has 0 radical (unpaired) electrons. The van der Waals surface area contributed by atoms with Crippen LogP contribution in [0.2, 0.25) is 0 Å². The van der Waals surface area contributed by atoms with Crippen molar-refractivity contribution in [3.8, 4) is 11.1 Å². The maximum atomic E-state index is 12.2. The molecular formula is C12H10F2N4. The van der Waals surface area contributed by atoms with E-state index in [0.717, 1.165) is 22.2 Å². The van der Waals surface area contributed by atoms with Gasteiger partial charge in [0, 0.05) is 35.1 Å². The van der Waals surface area contributed by atoms with Crippen molar-refractivity contribution >= 4 is 11.0 Å². The number of aromatic nitrogens is 4. The predicted octanol–water partition coefficient (Wildman–Crippen LogP) is 2.69. The minimum absolute atomic E-state index is 0.389. The number of nitrogens with one attached hydrogen (secondary N) is 1. The number of hydrogen-bond donors (Lipinski definition) is 1. The van der Waals surface area contributed by atoms with Crippen LogP contribution in [0.25, 0.3) is 22.2 Å². The number of pyridine rings is 1. The lowest BCUT2D eigenvalue weighted by atomic mass is 10.1. The maximum absolute atomic E-state index is 12.2. The van der Waals surface area contributed by atoms with Gasteiger partial charge in [0.1, 0.15) is 12.2 Å². The molecule has 0 aliphatic rings. The predicted molar refractivity (Wildman–Crippen MR) is 63.3 cm³/mol. The van der Waals surface area contributed by atoms with Crippen LogP contribution in [0.15, 0.2) is 36.9 Å². The van der Waals surface area contributed by atoms with Crippen molar-refractivity contribution in [3.05, 3.63) is 36.9 Å². The van der Waals surface area contributed by atoms with E-state index < -0.39 is 6.43 Å². The van der Waals surface area contributed by atoms with Crippen LogP contribution >= 0.6 is 0 Å². The van der Waals surface area contributed by atoms with Crippen LogP contribution < -0.4 is 0 Å². The minimum Gasteiger partial charge on any atom is -0.346 e. The largest absolute Gasteiger partial charge is 0.346 e. The average molecular weight is 248 g/mol. The Labute approximate surface area is 101 Å². The molecule has 0 unspecified atom stereocenters. The second-order valence-corrected chi connectivity index (χ2v) is 3.98. The van der Waals surface area contributed by atoms with E-state index in [9.17, 15) is 8.78 Å². The molecule has 0 saturated carbocycles. The van der Waals surface area contributed by atoms with Crippen molar-refractivity contribution in [2.75, 3.05) is 0 Å². The molecule has 4 nitrogen and oxygen atoms in total. The summed E-state index contributed by atoms with van der Waals surface area (Å²) in [4.78, 5) is 7.25. The zero-order valence-corrected chi connectivity index (χ0v) is 9.35. The molecule has 0 bridgehead atoms. The molecule has 0 spiro atoms. The molecule has 0 saturated heterocycles. The Kier molecular flexibility index (Phi) is 2.55. The topological polar surface area (TPSA) is 46.5 Å². The number of hydrogen-bond acceptors (Lipinski definition) is 2. The van der Waals surface area contributed by atoms with Gasteiger partial charge in [-0.2, -0.15) is 5.10 Å². The number of fused-ring (bicyclic) bond motifs is 1. The van der Waals surface area contributed by atoms with Crippen molar-refractivity contribution in [2.45, 2.75) is 13.0 Å². The Hall–Kier alpha value is -2.24. The zero-order valence-electron chi connectivity index (χ0n) is 9.35. The van der Waals surface area contributed by atoms with Crippen molar-refractivity contribution in [3.63, 3.8) is 0 Å². The quantitative estimate of drug-likeness (QED) is 0.774. The van der Waals surface area contributed by atoms with Gasteiger partial charge in [0.25, 0.3) is 6.43 Å². The zero-order chi connectivity index (χ0) is 12.5. The molecular weight excluding hydrogens is 238 g/mol. The highest BCUT2D eigenvalue weighted by Crippen LogP contribution is 2.21. The molecule has 18 heavy (non-hydrogen) atoms. The molecule has 3 rings (SSSR count). The van der Waals surface area contributed by atoms with E-state index in [-0.39, 0.29) is 6.54 Å². The lowest BCUT2D eigenvalue weighted by Gasteiger charge is -1.99. The van der Waals surface area contributed by atoms with Gasteiger partial charge in [0.15, 0.2) is 0 Å². The fourth-order valence-corrected chi connectivity index (χ4v) is 1.85. The fourth-order valence-electron chi connectivity index (χ4n) is 1.85. The Morgan fingerprint density at radius 3 is 3.00 bits per heavy atom. The molecule has 0 aromatic carbocycles. The molecule has 0 fully saturated rings. The Morgan fingerprint density at radius 1 is 1.28 bits per heavy atom. The van der Waals surface area contributed by atoms with Crippen LogP contribution in [-0.2, 0) is 6.54 Å². The van der Waals surface area contributed by atoms with Crippen LogP contribution in [0.1, 0.15) is 0 Å². The molecule has 3 aromatic rings. The average Bonchev–Trinajstić information content (AvgIpc) is 2.95. The van der Waals surface area contributed by atoms with E-state index in [2.05, 4.69) is 15.1 Å². The number of aromatic amines is 1. The van der Waals surface area contributed by atoms with Gasteiger partial charge in [0.2, 0.25) is 0 Å². The van der Waals surface area contributed by atoms with E-state index in [1.165, 1.54) is 4.68 Å². The highest BCUT2D eigenvalue weighted by atomic mass is 19.3. The van der Waals surface area contributed by atoms with Gasteiger partial charge < -0.3 is 4.98 Å². The first-order valence-electron chi connectivity index (χ1n) is 5.46. The summed E-state index contributed by atoms with van der Waals surface area (Å²) >= 11 is 0. The van der Waals surface area contributed by atoms with Gasteiger partial charge in [-0.05, 0) is 12.1 Å². The Balaban J connectivity index is 1.95. The van der Waals surface area contributed by atoms with Crippen LogP contribution in [0.3, 0.4) is 0 Å². The highest BCUT2D eigenvalue weighted by Gasteiger charge is 2.08. The molecule has 0 atom stereocenters. The molecule has 0 amide bonds.